The summed E-state index contributed by atoms with van der Waals surface area (Å²) in [6.45, 7) is 0.404. The van der Waals surface area contributed by atoms with Crippen LogP contribution in [0.2, 0.25) is 5.02 Å². The Kier molecular flexibility index (Phi) is 5.87. The molecule has 2 aromatic heterocycles. The van der Waals surface area contributed by atoms with Crippen molar-refractivity contribution in [3.8, 4) is 5.82 Å². The van der Waals surface area contributed by atoms with E-state index in [1.807, 2.05) is 0 Å². The van der Waals surface area contributed by atoms with E-state index in [1.165, 1.54) is 6.20 Å². The van der Waals surface area contributed by atoms with Crippen LogP contribution in [0.25, 0.3) is 5.82 Å². The van der Waals surface area contributed by atoms with E-state index in [-0.39, 0.29) is 22.4 Å². The number of aromatic nitrogens is 3. The van der Waals surface area contributed by atoms with Gasteiger partial charge >= 0.3 is 6.18 Å². The minimum absolute atomic E-state index is 0.0164. The molecule has 2 N–H and O–H groups in total. The standard InChI is InChI=1S/C17H17ClF3N5O2/c18-15-12(22-7-1-2-14(27)25-11-4-5-11)9-24-26(16(15)28)13-6-3-10(8-23-13)17(19,20)21/h3,6,8-9,11,22H,1-2,4-5,7H2,(H,25,27). The molecular weight excluding hydrogens is 399 g/mol. The summed E-state index contributed by atoms with van der Waals surface area (Å²) in [7, 11) is 0. The molecule has 0 atom stereocenters. The molecule has 0 saturated heterocycles. The maximum absolute atomic E-state index is 12.6. The first-order chi connectivity index (χ1) is 13.3. The molecule has 1 aliphatic rings. The van der Waals surface area contributed by atoms with E-state index >= 15 is 0 Å². The van der Waals surface area contributed by atoms with Gasteiger partial charge in [0.1, 0.15) is 5.02 Å². The van der Waals surface area contributed by atoms with Crippen LogP contribution in [0.3, 0.4) is 0 Å². The number of hydrogen-bond acceptors (Lipinski definition) is 5. The van der Waals surface area contributed by atoms with Gasteiger partial charge in [0, 0.05) is 25.2 Å². The fraction of sp³-hybridized carbons (Fsp3) is 0.412. The molecule has 0 radical (unpaired) electrons. The number of alkyl halides is 3. The molecule has 0 aliphatic heterocycles. The normalized spacial score (nSPS) is 14.0. The first kappa shape index (κ1) is 20.1. The SMILES string of the molecule is O=C(CCCNc1cnn(-c2ccc(C(F)(F)F)cn2)c(=O)c1Cl)NC1CC1. The zero-order chi connectivity index (χ0) is 20.3. The van der Waals surface area contributed by atoms with Gasteiger partial charge in [-0.15, -0.1) is 0 Å². The van der Waals surface area contributed by atoms with Crippen LogP contribution in [0.15, 0.2) is 29.3 Å². The number of nitrogens with zero attached hydrogens (tertiary/aromatic N) is 3. The highest BCUT2D eigenvalue weighted by atomic mass is 35.5. The molecule has 1 amide bonds. The Hall–Kier alpha value is -2.62. The van der Waals surface area contributed by atoms with E-state index in [2.05, 4.69) is 20.7 Å². The molecule has 2 aromatic rings. The van der Waals surface area contributed by atoms with E-state index in [9.17, 15) is 22.8 Å². The fourth-order valence-corrected chi connectivity index (χ4v) is 2.59. The molecule has 1 saturated carbocycles. The first-order valence-electron chi connectivity index (χ1n) is 8.60. The molecule has 0 unspecified atom stereocenters. The third kappa shape index (κ3) is 5.00. The lowest BCUT2D eigenvalue weighted by atomic mass is 10.3. The number of hydrogen-bond donors (Lipinski definition) is 2. The van der Waals surface area contributed by atoms with Crippen LogP contribution >= 0.6 is 11.6 Å². The molecule has 0 aromatic carbocycles. The molecule has 11 heteroatoms. The highest BCUT2D eigenvalue weighted by Gasteiger charge is 2.30. The molecule has 3 rings (SSSR count). The molecule has 0 spiro atoms. The maximum atomic E-state index is 12.6. The summed E-state index contributed by atoms with van der Waals surface area (Å²) >= 11 is 6.05. The minimum Gasteiger partial charge on any atom is -0.382 e. The zero-order valence-electron chi connectivity index (χ0n) is 14.6. The lowest BCUT2D eigenvalue weighted by Gasteiger charge is -2.11. The zero-order valence-corrected chi connectivity index (χ0v) is 15.3. The van der Waals surface area contributed by atoms with Crippen LogP contribution in [0.1, 0.15) is 31.2 Å². The lowest BCUT2D eigenvalue weighted by molar-refractivity contribution is -0.137. The number of pyridine rings is 1. The Morgan fingerprint density at radius 1 is 1.29 bits per heavy atom. The van der Waals surface area contributed by atoms with E-state index in [0.717, 1.165) is 29.7 Å². The molecule has 0 bridgehead atoms. The average Bonchev–Trinajstić information content (AvgIpc) is 3.45. The summed E-state index contributed by atoms with van der Waals surface area (Å²) < 4.78 is 38.6. The van der Waals surface area contributed by atoms with E-state index < -0.39 is 17.3 Å². The van der Waals surface area contributed by atoms with Crippen LogP contribution < -0.4 is 16.2 Å². The van der Waals surface area contributed by atoms with Gasteiger partial charge in [-0.25, -0.2) is 4.98 Å². The molecule has 1 aliphatic carbocycles. The maximum Gasteiger partial charge on any atom is 0.417 e. The van der Waals surface area contributed by atoms with E-state index in [0.29, 0.717) is 31.6 Å². The van der Waals surface area contributed by atoms with Gasteiger partial charge in [0.15, 0.2) is 5.82 Å². The number of nitrogens with one attached hydrogen (secondary N) is 2. The number of carbonyl (C=O) groups excluding carboxylic acids is 1. The Balaban J connectivity index is 1.62. The highest BCUT2D eigenvalue weighted by Crippen LogP contribution is 2.28. The summed E-state index contributed by atoms with van der Waals surface area (Å²) in [5.41, 5.74) is -1.37. The second-order valence-corrected chi connectivity index (χ2v) is 6.74. The van der Waals surface area contributed by atoms with Crippen molar-refractivity contribution in [2.75, 3.05) is 11.9 Å². The van der Waals surface area contributed by atoms with Crippen molar-refractivity contribution in [3.05, 3.63) is 45.5 Å². The van der Waals surface area contributed by atoms with Gasteiger partial charge in [-0.3, -0.25) is 9.59 Å². The molecular formula is C17H17ClF3N5O2. The van der Waals surface area contributed by atoms with Gasteiger partial charge < -0.3 is 10.6 Å². The Bertz CT molecular complexity index is 910. The van der Waals surface area contributed by atoms with Gasteiger partial charge in [-0.05, 0) is 31.4 Å². The van der Waals surface area contributed by atoms with Crippen molar-refractivity contribution in [1.82, 2.24) is 20.1 Å². The molecule has 150 valence electrons. The highest BCUT2D eigenvalue weighted by molar-refractivity contribution is 6.32. The second-order valence-electron chi connectivity index (χ2n) is 6.36. The smallest absolute Gasteiger partial charge is 0.382 e. The summed E-state index contributed by atoms with van der Waals surface area (Å²) in [4.78, 5) is 27.6. The van der Waals surface area contributed by atoms with Crippen LogP contribution in [0, 0.1) is 0 Å². The molecule has 1 fully saturated rings. The number of carbonyl (C=O) groups is 1. The second kappa shape index (κ2) is 8.17. The van der Waals surface area contributed by atoms with E-state index in [4.69, 9.17) is 11.6 Å². The van der Waals surface area contributed by atoms with Crippen molar-refractivity contribution in [1.29, 1.82) is 0 Å². The topological polar surface area (TPSA) is 88.9 Å². The molecule has 2 heterocycles. The van der Waals surface area contributed by atoms with Gasteiger partial charge in [-0.2, -0.15) is 23.0 Å². The van der Waals surface area contributed by atoms with Gasteiger partial charge in [-0.1, -0.05) is 11.6 Å². The summed E-state index contributed by atoms with van der Waals surface area (Å²) in [6.07, 6.45) is 0.318. The van der Waals surface area contributed by atoms with Crippen LogP contribution in [-0.2, 0) is 11.0 Å². The van der Waals surface area contributed by atoms with Gasteiger partial charge in [0.05, 0.1) is 17.4 Å². The Morgan fingerprint density at radius 2 is 2.04 bits per heavy atom. The first-order valence-corrected chi connectivity index (χ1v) is 8.98. The molecule has 28 heavy (non-hydrogen) atoms. The van der Waals surface area contributed by atoms with Crippen molar-refractivity contribution in [2.24, 2.45) is 0 Å². The minimum atomic E-state index is -4.52. The van der Waals surface area contributed by atoms with Crippen molar-refractivity contribution < 1.29 is 18.0 Å². The summed E-state index contributed by atoms with van der Waals surface area (Å²) in [5.74, 6) is -0.0967. The predicted octanol–water partition coefficient (Wildman–Crippen LogP) is 2.77. The average molecular weight is 416 g/mol. The van der Waals surface area contributed by atoms with E-state index in [1.54, 1.807) is 0 Å². The summed E-state index contributed by atoms with van der Waals surface area (Å²) in [5, 5.41) is 9.53. The van der Waals surface area contributed by atoms with Gasteiger partial charge in [0.25, 0.3) is 5.56 Å². The third-order valence-corrected chi connectivity index (χ3v) is 4.41. The number of anilines is 1. The number of rotatable bonds is 7. The predicted molar refractivity (Wildman–Crippen MR) is 96.5 cm³/mol. The third-order valence-electron chi connectivity index (χ3n) is 4.05. The Morgan fingerprint density at radius 3 is 2.64 bits per heavy atom. The van der Waals surface area contributed by atoms with Crippen LogP contribution in [0.5, 0.6) is 0 Å². The van der Waals surface area contributed by atoms with Crippen LogP contribution in [0.4, 0.5) is 18.9 Å². The van der Waals surface area contributed by atoms with Crippen molar-refractivity contribution in [3.63, 3.8) is 0 Å². The summed E-state index contributed by atoms with van der Waals surface area (Å²) in [6, 6.07) is 2.16. The van der Waals surface area contributed by atoms with Gasteiger partial charge in [0.2, 0.25) is 5.91 Å². The van der Waals surface area contributed by atoms with Crippen molar-refractivity contribution in [2.45, 2.75) is 37.9 Å². The fourth-order valence-electron chi connectivity index (χ4n) is 2.40. The monoisotopic (exact) mass is 415 g/mol. The molecule has 7 nitrogen and oxygen atoms in total. The quantitative estimate of drug-likeness (QED) is 0.679. The number of halogens is 4. The Labute approximate surface area is 162 Å². The van der Waals surface area contributed by atoms with Crippen molar-refractivity contribution >= 4 is 23.2 Å². The lowest BCUT2D eigenvalue weighted by Crippen LogP contribution is -2.26. The van der Waals surface area contributed by atoms with Crippen LogP contribution in [-0.4, -0.2) is 33.3 Å². The number of amides is 1. The largest absolute Gasteiger partial charge is 0.417 e.